The number of nitrogens with zero attached hydrogens (tertiary/aromatic N) is 4. The van der Waals surface area contributed by atoms with Gasteiger partial charge >= 0.3 is 0 Å². The van der Waals surface area contributed by atoms with E-state index in [9.17, 15) is 15.3 Å². The quantitative estimate of drug-likeness (QED) is 0.274. The molecule has 11 heteroatoms. The third kappa shape index (κ3) is 4.75. The van der Waals surface area contributed by atoms with Crippen molar-refractivity contribution in [2.45, 2.75) is 82.3 Å². The lowest BCUT2D eigenvalue weighted by Gasteiger charge is -2.38. The molecule has 5 atom stereocenters. The van der Waals surface area contributed by atoms with Gasteiger partial charge in [0.25, 0.3) is 0 Å². The van der Waals surface area contributed by atoms with Crippen LogP contribution >= 0.6 is 11.3 Å². The lowest BCUT2D eigenvalue weighted by atomic mass is 9.78. The first-order valence-electron chi connectivity index (χ1n) is 13.5. The van der Waals surface area contributed by atoms with E-state index in [1.165, 1.54) is 0 Å². The zero-order valence-electron chi connectivity index (χ0n) is 22.0. The van der Waals surface area contributed by atoms with Crippen LogP contribution in [-0.2, 0) is 4.74 Å². The van der Waals surface area contributed by atoms with Gasteiger partial charge in [-0.05, 0) is 57.9 Å². The summed E-state index contributed by atoms with van der Waals surface area (Å²) in [6.07, 6.45) is 4.88. The van der Waals surface area contributed by atoms with Crippen LogP contribution in [0.15, 0.2) is 12.3 Å². The Hall–Kier alpha value is -2.44. The summed E-state index contributed by atoms with van der Waals surface area (Å²) in [6.45, 7) is 3.90. The summed E-state index contributed by atoms with van der Waals surface area (Å²) in [5.41, 5.74) is 3.54. The average Bonchev–Trinajstić information content (AvgIpc) is 3.56. The van der Waals surface area contributed by atoms with Gasteiger partial charge in [0, 0.05) is 37.8 Å². The number of hydrogen-bond acceptors (Lipinski definition) is 11. The van der Waals surface area contributed by atoms with Crippen molar-refractivity contribution in [3.63, 3.8) is 0 Å². The lowest BCUT2D eigenvalue weighted by Crippen LogP contribution is -2.40. The van der Waals surface area contributed by atoms with Gasteiger partial charge in [-0.2, -0.15) is 4.98 Å². The molecule has 3 aliphatic carbocycles. The van der Waals surface area contributed by atoms with Crippen molar-refractivity contribution in [2.24, 2.45) is 11.8 Å². The van der Waals surface area contributed by atoms with Gasteiger partial charge in [-0.25, -0.2) is 9.97 Å². The van der Waals surface area contributed by atoms with E-state index in [0.29, 0.717) is 36.1 Å². The Labute approximate surface area is 225 Å². The fraction of sp³-hybridized carbons (Fsp3) is 0.630. The normalized spacial score (nSPS) is 29.8. The van der Waals surface area contributed by atoms with Crippen LogP contribution in [0, 0.1) is 18.8 Å². The van der Waals surface area contributed by atoms with Crippen molar-refractivity contribution in [3.8, 4) is 10.6 Å². The maximum absolute atomic E-state index is 10.7. The summed E-state index contributed by atoms with van der Waals surface area (Å²) in [7, 11) is 1.75. The first-order valence-corrected chi connectivity index (χ1v) is 14.3. The number of fused-ring (bicyclic) bond motifs is 1. The number of aliphatic hydroxyl groups excluding tert-OH is 3. The molecule has 204 valence electrons. The van der Waals surface area contributed by atoms with Crippen LogP contribution in [0.4, 0.5) is 11.8 Å². The molecule has 3 aromatic rings. The maximum atomic E-state index is 10.7. The number of aryl methyl sites for hydroxylation is 1. The number of ether oxygens (including phenoxy) is 1. The number of anilines is 2. The van der Waals surface area contributed by atoms with Crippen molar-refractivity contribution >= 4 is 33.3 Å². The van der Waals surface area contributed by atoms with E-state index in [1.54, 1.807) is 18.4 Å². The largest absolute Gasteiger partial charge is 0.396 e. The molecular formula is C27H36N6O4S. The topological polar surface area (TPSA) is 146 Å². The Morgan fingerprint density at radius 2 is 1.92 bits per heavy atom. The highest BCUT2D eigenvalue weighted by Gasteiger charge is 2.42. The van der Waals surface area contributed by atoms with Crippen molar-refractivity contribution in [2.75, 3.05) is 24.4 Å². The molecule has 3 heterocycles. The Balaban J connectivity index is 1.36. The molecule has 10 nitrogen and oxygen atoms in total. The molecule has 0 spiro atoms. The van der Waals surface area contributed by atoms with Gasteiger partial charge in [0.05, 0.1) is 39.9 Å². The standard InChI is InChI=1S/C27H36N6O4S/c1-12(15-8-17(9-15)37-3)29-27-30-13(2)20(25(33-27)31-18-10-16(11-34)23(35)24(18)36)26-32-22-19(38-26)6-7-28-21(22)14-4-5-14/h6-7,12,14-18,23-24,34-36H,4-5,8-11H2,1-3H3,(H2,29,30,31,33)/t12-,15-,16-,17+,18-,23-,24+/m1/s1. The Bertz CT molecular complexity index is 1310. The molecule has 0 unspecified atom stereocenters. The van der Waals surface area contributed by atoms with Gasteiger partial charge in [0.15, 0.2) is 0 Å². The molecule has 0 aromatic carbocycles. The summed E-state index contributed by atoms with van der Waals surface area (Å²) >= 11 is 1.59. The maximum Gasteiger partial charge on any atom is 0.225 e. The fourth-order valence-electron chi connectivity index (χ4n) is 5.79. The lowest BCUT2D eigenvalue weighted by molar-refractivity contribution is -0.00343. The van der Waals surface area contributed by atoms with E-state index < -0.39 is 24.2 Å². The number of rotatable bonds is 9. The fourth-order valence-corrected chi connectivity index (χ4v) is 6.86. The van der Waals surface area contributed by atoms with Crippen LogP contribution < -0.4 is 10.6 Å². The number of nitrogens with one attached hydrogen (secondary N) is 2. The molecule has 3 aliphatic rings. The molecular weight excluding hydrogens is 504 g/mol. The monoisotopic (exact) mass is 540 g/mol. The number of methoxy groups -OCH3 is 1. The molecule has 0 aliphatic heterocycles. The predicted molar refractivity (Wildman–Crippen MR) is 146 cm³/mol. The summed E-state index contributed by atoms with van der Waals surface area (Å²) < 4.78 is 6.52. The van der Waals surface area contributed by atoms with E-state index in [-0.39, 0.29) is 12.6 Å². The minimum absolute atomic E-state index is 0.173. The summed E-state index contributed by atoms with van der Waals surface area (Å²) in [5.74, 6) is 1.63. The van der Waals surface area contributed by atoms with E-state index in [1.807, 2.05) is 19.2 Å². The van der Waals surface area contributed by atoms with E-state index in [2.05, 4.69) is 22.5 Å². The number of hydrogen-bond donors (Lipinski definition) is 5. The molecule has 38 heavy (non-hydrogen) atoms. The molecule has 0 saturated heterocycles. The van der Waals surface area contributed by atoms with Crippen LogP contribution in [0.2, 0.25) is 0 Å². The van der Waals surface area contributed by atoms with Gasteiger partial charge in [-0.1, -0.05) is 0 Å². The average molecular weight is 541 g/mol. The number of aliphatic hydroxyl groups is 3. The predicted octanol–water partition coefficient (Wildman–Crippen LogP) is 3.07. The Morgan fingerprint density at radius 1 is 1.13 bits per heavy atom. The first kappa shape index (κ1) is 25.8. The molecule has 0 radical (unpaired) electrons. The van der Waals surface area contributed by atoms with Crippen LogP contribution in [0.1, 0.15) is 56.3 Å². The molecule has 3 aromatic heterocycles. The van der Waals surface area contributed by atoms with Gasteiger partial charge in [0.2, 0.25) is 5.95 Å². The van der Waals surface area contributed by atoms with Crippen molar-refractivity contribution < 1.29 is 20.1 Å². The van der Waals surface area contributed by atoms with Crippen LogP contribution in [-0.4, -0.2) is 79.4 Å². The summed E-state index contributed by atoms with van der Waals surface area (Å²) in [5, 5.41) is 38.5. The summed E-state index contributed by atoms with van der Waals surface area (Å²) in [4.78, 5) is 19.3. The number of thiazole rings is 1. The zero-order valence-corrected chi connectivity index (χ0v) is 22.8. The van der Waals surface area contributed by atoms with E-state index >= 15 is 0 Å². The van der Waals surface area contributed by atoms with E-state index in [0.717, 1.165) is 57.9 Å². The van der Waals surface area contributed by atoms with Gasteiger partial charge in [-0.3, -0.25) is 4.98 Å². The minimum atomic E-state index is -1.02. The highest BCUT2D eigenvalue weighted by atomic mass is 32.1. The van der Waals surface area contributed by atoms with Crippen molar-refractivity contribution in [3.05, 3.63) is 23.7 Å². The van der Waals surface area contributed by atoms with Gasteiger partial charge < -0.3 is 30.7 Å². The zero-order chi connectivity index (χ0) is 26.6. The van der Waals surface area contributed by atoms with Crippen LogP contribution in [0.3, 0.4) is 0 Å². The third-order valence-corrected chi connectivity index (χ3v) is 9.53. The minimum Gasteiger partial charge on any atom is -0.396 e. The van der Waals surface area contributed by atoms with Crippen molar-refractivity contribution in [1.82, 2.24) is 19.9 Å². The Kier molecular flexibility index (Phi) is 6.98. The summed E-state index contributed by atoms with van der Waals surface area (Å²) in [6, 6.07) is 1.71. The second-order valence-corrected chi connectivity index (χ2v) is 12.2. The third-order valence-electron chi connectivity index (χ3n) is 8.49. The number of aromatic nitrogens is 4. The molecule has 0 bridgehead atoms. The molecule has 0 amide bonds. The number of pyridine rings is 1. The highest BCUT2D eigenvalue weighted by molar-refractivity contribution is 7.21. The first-order chi connectivity index (χ1) is 18.4. The van der Waals surface area contributed by atoms with Crippen LogP contribution in [0.25, 0.3) is 20.8 Å². The smallest absolute Gasteiger partial charge is 0.225 e. The van der Waals surface area contributed by atoms with Crippen LogP contribution in [0.5, 0.6) is 0 Å². The second kappa shape index (κ2) is 10.3. The molecule has 3 saturated carbocycles. The Morgan fingerprint density at radius 3 is 2.61 bits per heavy atom. The molecule has 5 N–H and O–H groups in total. The van der Waals surface area contributed by atoms with Gasteiger partial charge in [0.1, 0.15) is 22.4 Å². The second-order valence-electron chi connectivity index (χ2n) is 11.1. The molecule has 3 fully saturated rings. The van der Waals surface area contributed by atoms with Gasteiger partial charge in [-0.15, -0.1) is 11.3 Å². The van der Waals surface area contributed by atoms with E-state index in [4.69, 9.17) is 19.7 Å². The highest BCUT2D eigenvalue weighted by Crippen LogP contribution is 2.44. The van der Waals surface area contributed by atoms with Crippen molar-refractivity contribution in [1.29, 1.82) is 0 Å². The SMILES string of the molecule is CO[C@H]1C[C@@H]([C@@H](C)Nc2nc(C)c(-c3nc4c(C5CC5)nccc4s3)c(N[C@@H]3C[C@H](CO)[C@@H](O)[C@H]3O)n2)C1. The molecule has 6 rings (SSSR count).